The fourth-order valence-corrected chi connectivity index (χ4v) is 4.06. The van der Waals surface area contributed by atoms with Crippen molar-refractivity contribution in [1.82, 2.24) is 0 Å². The normalized spacial score (nSPS) is 21.0. The van der Waals surface area contributed by atoms with E-state index >= 15 is 0 Å². The Balaban J connectivity index is 2.10. The Bertz CT molecular complexity index is 645. The fraction of sp³-hybridized carbons (Fsp3) is 0.600. The Labute approximate surface area is 149 Å². The number of nitrogens with zero attached hydrogens (tertiary/aromatic N) is 1. The van der Waals surface area contributed by atoms with Gasteiger partial charge >= 0.3 is 11.9 Å². The number of benzene rings is 1. The molecule has 1 atom stereocenters. The van der Waals surface area contributed by atoms with Crippen molar-refractivity contribution >= 4 is 17.6 Å². The van der Waals surface area contributed by atoms with E-state index in [0.29, 0.717) is 6.42 Å². The first-order valence-electron chi connectivity index (χ1n) is 9.13. The summed E-state index contributed by atoms with van der Waals surface area (Å²) in [5.41, 5.74) is 0.830. The van der Waals surface area contributed by atoms with Gasteiger partial charge in [0.1, 0.15) is 0 Å². The van der Waals surface area contributed by atoms with Gasteiger partial charge in [-0.25, -0.2) is 0 Å². The van der Waals surface area contributed by atoms with Gasteiger partial charge in [-0.3, -0.25) is 9.59 Å². The Morgan fingerprint density at radius 1 is 1.08 bits per heavy atom. The number of fused-ring (bicyclic) bond motifs is 3. The van der Waals surface area contributed by atoms with Crippen molar-refractivity contribution in [3.8, 4) is 0 Å². The monoisotopic (exact) mass is 345 g/mol. The molecular weight excluding hydrogens is 318 g/mol. The van der Waals surface area contributed by atoms with Crippen molar-refractivity contribution in [2.75, 3.05) is 11.4 Å². The molecule has 136 valence electrons. The standard InChI is InChI=1S/C20H27NO4/c1-13(2)24-18(22)20(19(23)25-14(3)4)12-15-8-5-6-9-16(15)21-11-7-10-17(20)21/h5-6,8-9,13-14,17H,7,10-12H2,1-4H3. The molecule has 0 amide bonds. The van der Waals surface area contributed by atoms with Gasteiger partial charge in [0.15, 0.2) is 5.41 Å². The van der Waals surface area contributed by atoms with Crippen LogP contribution in [0.25, 0.3) is 0 Å². The molecule has 0 spiro atoms. The van der Waals surface area contributed by atoms with Gasteiger partial charge in [-0.2, -0.15) is 0 Å². The lowest BCUT2D eigenvalue weighted by molar-refractivity contribution is -0.179. The van der Waals surface area contributed by atoms with Crippen LogP contribution in [0.1, 0.15) is 46.1 Å². The van der Waals surface area contributed by atoms with Crippen LogP contribution in [0, 0.1) is 5.41 Å². The maximum atomic E-state index is 13.2. The van der Waals surface area contributed by atoms with Crippen LogP contribution in [-0.2, 0) is 25.5 Å². The summed E-state index contributed by atoms with van der Waals surface area (Å²) in [6.07, 6.45) is 1.52. The number of anilines is 1. The lowest BCUT2D eigenvalue weighted by atomic mass is 9.71. The van der Waals surface area contributed by atoms with Crippen LogP contribution in [0.4, 0.5) is 5.69 Å². The second-order valence-corrected chi connectivity index (χ2v) is 7.54. The van der Waals surface area contributed by atoms with E-state index in [1.165, 1.54) is 0 Å². The largest absolute Gasteiger partial charge is 0.462 e. The molecule has 0 aromatic heterocycles. The van der Waals surface area contributed by atoms with Gasteiger partial charge in [0, 0.05) is 18.7 Å². The van der Waals surface area contributed by atoms with Gasteiger partial charge in [-0.05, 0) is 52.2 Å². The summed E-state index contributed by atoms with van der Waals surface area (Å²) in [6, 6.07) is 7.80. The Hall–Kier alpha value is -2.04. The number of hydrogen-bond donors (Lipinski definition) is 0. The highest BCUT2D eigenvalue weighted by atomic mass is 16.6. The summed E-state index contributed by atoms with van der Waals surface area (Å²) < 4.78 is 11.1. The molecule has 0 N–H and O–H groups in total. The van der Waals surface area contributed by atoms with E-state index in [1.54, 1.807) is 0 Å². The molecule has 5 heteroatoms. The summed E-state index contributed by atoms with van der Waals surface area (Å²) >= 11 is 0. The van der Waals surface area contributed by atoms with Gasteiger partial charge in [-0.1, -0.05) is 18.2 Å². The van der Waals surface area contributed by atoms with Gasteiger partial charge in [-0.15, -0.1) is 0 Å². The highest BCUT2D eigenvalue weighted by molar-refractivity contribution is 6.03. The van der Waals surface area contributed by atoms with Crippen LogP contribution in [0.3, 0.4) is 0 Å². The SMILES string of the molecule is CC(C)OC(=O)C1(C(=O)OC(C)C)Cc2ccccc2N2CCCC21. The number of esters is 2. The molecule has 2 heterocycles. The third kappa shape index (κ3) is 3.00. The third-order valence-corrected chi connectivity index (χ3v) is 5.01. The third-order valence-electron chi connectivity index (χ3n) is 5.01. The predicted octanol–water partition coefficient (Wildman–Crippen LogP) is 3.10. The molecule has 2 aliphatic heterocycles. The zero-order valence-corrected chi connectivity index (χ0v) is 15.5. The second-order valence-electron chi connectivity index (χ2n) is 7.54. The predicted molar refractivity (Wildman–Crippen MR) is 95.4 cm³/mol. The van der Waals surface area contributed by atoms with Crippen molar-refractivity contribution in [2.45, 2.75) is 65.2 Å². The molecule has 0 aliphatic carbocycles. The number of ether oxygens (including phenoxy) is 2. The quantitative estimate of drug-likeness (QED) is 0.620. The summed E-state index contributed by atoms with van der Waals surface area (Å²) in [7, 11) is 0. The topological polar surface area (TPSA) is 55.8 Å². The van der Waals surface area contributed by atoms with E-state index in [9.17, 15) is 9.59 Å². The minimum atomic E-state index is -1.29. The van der Waals surface area contributed by atoms with Crippen molar-refractivity contribution in [3.63, 3.8) is 0 Å². The van der Waals surface area contributed by atoms with Crippen molar-refractivity contribution in [3.05, 3.63) is 29.8 Å². The second kappa shape index (κ2) is 6.70. The minimum Gasteiger partial charge on any atom is -0.462 e. The first kappa shape index (κ1) is 17.8. The van der Waals surface area contributed by atoms with E-state index in [4.69, 9.17) is 9.47 Å². The molecule has 1 aromatic rings. The maximum absolute atomic E-state index is 13.2. The van der Waals surface area contributed by atoms with E-state index in [-0.39, 0.29) is 18.2 Å². The molecule has 0 bridgehead atoms. The molecule has 3 rings (SSSR count). The lowest BCUT2D eigenvalue weighted by Gasteiger charge is -2.45. The van der Waals surface area contributed by atoms with Crippen LogP contribution in [0.2, 0.25) is 0 Å². The zero-order chi connectivity index (χ0) is 18.2. The number of carbonyl (C=O) groups excluding carboxylic acids is 2. The highest BCUT2D eigenvalue weighted by Crippen LogP contribution is 2.47. The molecule has 0 radical (unpaired) electrons. The summed E-state index contributed by atoms with van der Waals surface area (Å²) in [5.74, 6) is -0.917. The van der Waals surface area contributed by atoms with Crippen LogP contribution in [0.5, 0.6) is 0 Å². The number of para-hydroxylation sites is 1. The fourth-order valence-electron chi connectivity index (χ4n) is 4.06. The smallest absolute Gasteiger partial charge is 0.326 e. The molecule has 5 nitrogen and oxygen atoms in total. The van der Waals surface area contributed by atoms with Crippen LogP contribution in [-0.4, -0.2) is 36.7 Å². The summed E-state index contributed by atoms with van der Waals surface area (Å²) in [6.45, 7) is 8.07. The average Bonchev–Trinajstić information content (AvgIpc) is 3.02. The zero-order valence-electron chi connectivity index (χ0n) is 15.5. The summed E-state index contributed by atoms with van der Waals surface area (Å²) in [5, 5.41) is 0. The van der Waals surface area contributed by atoms with E-state index < -0.39 is 17.4 Å². The Kier molecular flexibility index (Phi) is 4.76. The first-order valence-corrected chi connectivity index (χ1v) is 9.13. The van der Waals surface area contributed by atoms with Crippen molar-refractivity contribution < 1.29 is 19.1 Å². The van der Waals surface area contributed by atoms with Crippen LogP contribution >= 0.6 is 0 Å². The maximum Gasteiger partial charge on any atom is 0.326 e. The van der Waals surface area contributed by atoms with E-state index in [2.05, 4.69) is 11.0 Å². The van der Waals surface area contributed by atoms with Gasteiger partial charge in [0.05, 0.1) is 18.2 Å². The molecule has 1 saturated heterocycles. The average molecular weight is 345 g/mol. The van der Waals surface area contributed by atoms with Gasteiger partial charge in [0.25, 0.3) is 0 Å². The Morgan fingerprint density at radius 3 is 2.28 bits per heavy atom. The van der Waals surface area contributed by atoms with E-state index in [1.807, 2.05) is 45.9 Å². The van der Waals surface area contributed by atoms with Gasteiger partial charge in [0.2, 0.25) is 0 Å². The molecular formula is C20H27NO4. The Morgan fingerprint density at radius 2 is 1.68 bits per heavy atom. The summed E-state index contributed by atoms with van der Waals surface area (Å²) in [4.78, 5) is 28.5. The molecule has 0 saturated carbocycles. The van der Waals surface area contributed by atoms with Crippen LogP contribution in [0.15, 0.2) is 24.3 Å². The molecule has 2 aliphatic rings. The minimum absolute atomic E-state index is 0.208. The molecule has 1 fully saturated rings. The van der Waals surface area contributed by atoms with E-state index in [0.717, 1.165) is 30.6 Å². The lowest BCUT2D eigenvalue weighted by Crippen LogP contribution is -2.60. The van der Waals surface area contributed by atoms with Crippen LogP contribution < -0.4 is 4.90 Å². The number of rotatable bonds is 4. The van der Waals surface area contributed by atoms with Crippen molar-refractivity contribution in [2.24, 2.45) is 5.41 Å². The first-order chi connectivity index (χ1) is 11.9. The van der Waals surface area contributed by atoms with Gasteiger partial charge < -0.3 is 14.4 Å². The van der Waals surface area contributed by atoms with Crippen molar-refractivity contribution in [1.29, 1.82) is 0 Å². The molecule has 25 heavy (non-hydrogen) atoms. The highest BCUT2D eigenvalue weighted by Gasteiger charge is 2.60. The molecule has 1 unspecified atom stereocenters. The number of hydrogen-bond acceptors (Lipinski definition) is 5. The number of carbonyl (C=O) groups is 2. The molecule has 1 aromatic carbocycles.